The van der Waals surface area contributed by atoms with Crippen molar-refractivity contribution in [2.24, 2.45) is 0 Å². The highest BCUT2D eigenvalue weighted by molar-refractivity contribution is 7.18. The maximum atomic E-state index is 14.5. The van der Waals surface area contributed by atoms with Gasteiger partial charge in [0.1, 0.15) is 35.2 Å². The topological polar surface area (TPSA) is 106 Å². The molecule has 0 aliphatic rings. The Morgan fingerprint density at radius 2 is 1.79 bits per heavy atom. The van der Waals surface area contributed by atoms with E-state index in [4.69, 9.17) is 23.4 Å². The van der Waals surface area contributed by atoms with Gasteiger partial charge in [-0.15, -0.1) is 5.10 Å². The van der Waals surface area contributed by atoms with Crippen LogP contribution in [0.5, 0.6) is 22.7 Å². The van der Waals surface area contributed by atoms with Crippen molar-refractivity contribution in [1.29, 1.82) is 0 Å². The normalized spacial score (nSPS) is 11.3. The molecule has 0 aliphatic heterocycles. The van der Waals surface area contributed by atoms with E-state index in [9.17, 15) is 4.39 Å². The van der Waals surface area contributed by atoms with Crippen LogP contribution in [-0.2, 0) is 6.61 Å². The van der Waals surface area contributed by atoms with E-state index in [1.165, 1.54) is 30.6 Å². The molecule has 0 saturated carbocycles. The standard InChI is InChI=1S/C26H20FN5O5S/c1-33-18-7-21(36-13-14-4-15(6-17(27)5-14)16-10-28-24(34-2)29-11-16)19-9-23(37-22(19)8-18)20-12-32-25(30-20)38-26(31-32)35-3/h4-12H,13H2,1-3H3. The van der Waals surface area contributed by atoms with Crippen LogP contribution in [0.1, 0.15) is 5.56 Å². The maximum absolute atomic E-state index is 14.5. The molecule has 0 fully saturated rings. The molecule has 38 heavy (non-hydrogen) atoms. The van der Waals surface area contributed by atoms with Crippen molar-refractivity contribution < 1.29 is 27.8 Å². The lowest BCUT2D eigenvalue weighted by Crippen LogP contribution is -1.98. The van der Waals surface area contributed by atoms with E-state index in [1.54, 1.807) is 49.5 Å². The first-order chi connectivity index (χ1) is 18.5. The molecule has 0 radical (unpaired) electrons. The van der Waals surface area contributed by atoms with Gasteiger partial charge in [0.25, 0.3) is 5.19 Å². The van der Waals surface area contributed by atoms with Gasteiger partial charge in [-0.25, -0.2) is 23.9 Å². The second-order valence-electron chi connectivity index (χ2n) is 8.17. The fourth-order valence-corrected chi connectivity index (χ4v) is 4.66. The van der Waals surface area contributed by atoms with Gasteiger partial charge < -0.3 is 23.4 Å². The highest BCUT2D eigenvalue weighted by atomic mass is 32.1. The van der Waals surface area contributed by atoms with Gasteiger partial charge in [-0.1, -0.05) is 0 Å². The number of rotatable bonds is 8. The number of benzene rings is 2. The van der Waals surface area contributed by atoms with Crippen molar-refractivity contribution in [3.63, 3.8) is 0 Å². The molecule has 0 unspecified atom stereocenters. The van der Waals surface area contributed by atoms with Crippen molar-refractivity contribution in [2.75, 3.05) is 21.3 Å². The Hall–Kier alpha value is -4.71. The minimum atomic E-state index is -0.400. The molecule has 12 heteroatoms. The van der Waals surface area contributed by atoms with Crippen LogP contribution in [-0.4, -0.2) is 45.9 Å². The molecule has 0 saturated heterocycles. The van der Waals surface area contributed by atoms with Gasteiger partial charge >= 0.3 is 6.01 Å². The summed E-state index contributed by atoms with van der Waals surface area (Å²) < 4.78 is 43.9. The molecule has 0 bridgehead atoms. The van der Waals surface area contributed by atoms with Crippen LogP contribution in [0, 0.1) is 5.82 Å². The molecule has 0 N–H and O–H groups in total. The Labute approximate surface area is 219 Å². The number of hydrogen-bond donors (Lipinski definition) is 0. The second-order valence-corrected chi connectivity index (χ2v) is 9.09. The quantitative estimate of drug-likeness (QED) is 0.254. The molecular formula is C26H20FN5O5S. The van der Waals surface area contributed by atoms with Crippen LogP contribution in [0.3, 0.4) is 0 Å². The van der Waals surface area contributed by atoms with Gasteiger partial charge in [0, 0.05) is 30.1 Å². The highest BCUT2D eigenvalue weighted by Gasteiger charge is 2.17. The third-order valence-corrected chi connectivity index (χ3v) is 6.64. The first-order valence-corrected chi connectivity index (χ1v) is 12.2. The van der Waals surface area contributed by atoms with Crippen LogP contribution < -0.4 is 18.9 Å². The van der Waals surface area contributed by atoms with Gasteiger partial charge in [0.15, 0.2) is 5.76 Å². The van der Waals surface area contributed by atoms with Crippen molar-refractivity contribution in [1.82, 2.24) is 24.6 Å². The summed E-state index contributed by atoms with van der Waals surface area (Å²) in [6.45, 7) is 0.106. The minimum absolute atomic E-state index is 0.106. The Morgan fingerprint density at radius 1 is 0.947 bits per heavy atom. The van der Waals surface area contributed by atoms with E-state index in [0.717, 1.165) is 5.39 Å². The zero-order valence-electron chi connectivity index (χ0n) is 20.5. The summed E-state index contributed by atoms with van der Waals surface area (Å²) in [6, 6.07) is 10.3. The number of hydrogen-bond acceptors (Lipinski definition) is 10. The van der Waals surface area contributed by atoms with E-state index in [2.05, 4.69) is 20.1 Å². The molecule has 0 atom stereocenters. The van der Waals surface area contributed by atoms with Gasteiger partial charge in [-0.3, -0.25) is 0 Å². The first-order valence-electron chi connectivity index (χ1n) is 11.3. The van der Waals surface area contributed by atoms with Crippen LogP contribution in [0.2, 0.25) is 0 Å². The Morgan fingerprint density at radius 3 is 2.53 bits per heavy atom. The smallest absolute Gasteiger partial charge is 0.316 e. The Balaban J connectivity index is 1.30. The number of halogens is 1. The van der Waals surface area contributed by atoms with E-state index in [0.29, 0.717) is 55.4 Å². The summed E-state index contributed by atoms with van der Waals surface area (Å²) >= 11 is 1.32. The number of imidazole rings is 1. The SMILES string of the molecule is COc1cc(OCc2cc(F)cc(-c3cnc(OC)nc3)c2)c2cc(-c3cn4nc(OC)sc4n3)oc2c1. The summed E-state index contributed by atoms with van der Waals surface area (Å²) in [5.74, 6) is 1.22. The first kappa shape index (κ1) is 23.7. The molecule has 192 valence electrons. The molecule has 0 amide bonds. The van der Waals surface area contributed by atoms with Crippen molar-refractivity contribution in [3.8, 4) is 45.3 Å². The third-order valence-electron chi connectivity index (χ3n) is 5.76. The largest absolute Gasteiger partial charge is 0.496 e. The van der Waals surface area contributed by atoms with Crippen LogP contribution in [0.25, 0.3) is 38.5 Å². The van der Waals surface area contributed by atoms with Gasteiger partial charge in [-0.05, 0) is 46.7 Å². The number of fused-ring (bicyclic) bond motifs is 2. The summed E-state index contributed by atoms with van der Waals surface area (Å²) in [6.07, 6.45) is 4.92. The van der Waals surface area contributed by atoms with Crippen LogP contribution in [0.15, 0.2) is 59.4 Å². The average molecular weight is 534 g/mol. The zero-order chi connectivity index (χ0) is 26.2. The predicted molar refractivity (Wildman–Crippen MR) is 137 cm³/mol. The average Bonchev–Trinajstić information content (AvgIpc) is 3.64. The number of aromatic nitrogens is 5. The fraction of sp³-hybridized carbons (Fsp3) is 0.154. The Kier molecular flexibility index (Phi) is 6.00. The lowest BCUT2D eigenvalue weighted by molar-refractivity contribution is 0.307. The number of ether oxygens (including phenoxy) is 4. The van der Waals surface area contributed by atoms with E-state index in [-0.39, 0.29) is 12.6 Å². The van der Waals surface area contributed by atoms with E-state index in [1.807, 2.05) is 12.1 Å². The van der Waals surface area contributed by atoms with Crippen molar-refractivity contribution in [2.45, 2.75) is 6.61 Å². The molecule has 0 spiro atoms. The summed E-state index contributed by atoms with van der Waals surface area (Å²) in [7, 11) is 4.61. The number of methoxy groups -OCH3 is 3. The predicted octanol–water partition coefficient (Wildman–Crippen LogP) is 5.40. The third kappa shape index (κ3) is 4.45. The maximum Gasteiger partial charge on any atom is 0.316 e. The second kappa shape index (κ2) is 9.63. The highest BCUT2D eigenvalue weighted by Crippen LogP contribution is 2.37. The molecular weight excluding hydrogens is 513 g/mol. The molecule has 6 aromatic rings. The van der Waals surface area contributed by atoms with Crippen molar-refractivity contribution in [3.05, 3.63) is 66.4 Å². The summed E-state index contributed by atoms with van der Waals surface area (Å²) in [4.78, 5) is 13.5. The lowest BCUT2D eigenvalue weighted by Gasteiger charge is -2.11. The summed E-state index contributed by atoms with van der Waals surface area (Å²) in [5.41, 5.74) is 3.08. The molecule has 0 aliphatic carbocycles. The molecule has 4 aromatic heterocycles. The van der Waals surface area contributed by atoms with Gasteiger partial charge in [0.05, 0.1) is 32.9 Å². The zero-order valence-corrected chi connectivity index (χ0v) is 21.3. The monoisotopic (exact) mass is 533 g/mol. The Bertz CT molecular complexity index is 1730. The number of furan rings is 1. The van der Waals surface area contributed by atoms with Gasteiger partial charge in [-0.2, -0.15) is 0 Å². The van der Waals surface area contributed by atoms with E-state index < -0.39 is 5.82 Å². The van der Waals surface area contributed by atoms with Crippen LogP contribution >= 0.6 is 11.3 Å². The lowest BCUT2D eigenvalue weighted by atomic mass is 10.1. The van der Waals surface area contributed by atoms with Crippen molar-refractivity contribution >= 4 is 27.3 Å². The molecule has 10 nitrogen and oxygen atoms in total. The van der Waals surface area contributed by atoms with E-state index >= 15 is 0 Å². The molecule has 4 heterocycles. The number of nitrogens with zero attached hydrogens (tertiary/aromatic N) is 5. The van der Waals surface area contributed by atoms with Gasteiger partial charge in [0.2, 0.25) is 4.96 Å². The molecule has 2 aromatic carbocycles. The summed E-state index contributed by atoms with van der Waals surface area (Å²) in [5, 5.41) is 5.55. The fourth-order valence-electron chi connectivity index (χ4n) is 3.96. The minimum Gasteiger partial charge on any atom is -0.496 e. The van der Waals surface area contributed by atoms with Crippen LogP contribution in [0.4, 0.5) is 4.39 Å². The molecule has 6 rings (SSSR count).